The van der Waals surface area contributed by atoms with Crippen LogP contribution in [-0.4, -0.2) is 20.6 Å². The van der Waals surface area contributed by atoms with E-state index in [0.717, 1.165) is 5.56 Å². The first-order chi connectivity index (χ1) is 14.4. The summed E-state index contributed by atoms with van der Waals surface area (Å²) in [5, 5.41) is 15.4. The van der Waals surface area contributed by atoms with Crippen LogP contribution >= 0.6 is 0 Å². The maximum atomic E-state index is 13.2. The summed E-state index contributed by atoms with van der Waals surface area (Å²) in [6.07, 6.45) is 5.66. The molecule has 7 heteroatoms. The normalized spacial score (nSPS) is 10.4. The molecule has 3 aromatic rings. The van der Waals surface area contributed by atoms with Crippen LogP contribution in [0.2, 0.25) is 0 Å². The van der Waals surface area contributed by atoms with Gasteiger partial charge in [-0.3, -0.25) is 19.6 Å². The van der Waals surface area contributed by atoms with Gasteiger partial charge in [0.15, 0.2) is 0 Å². The molecule has 0 aliphatic heterocycles. The average Bonchev–Trinajstić information content (AvgIpc) is 3.04. The number of benzene rings is 2. The highest BCUT2D eigenvalue weighted by molar-refractivity contribution is 5.93. The number of nitrogens with zero attached hydrogens (tertiary/aromatic N) is 4. The summed E-state index contributed by atoms with van der Waals surface area (Å²) in [7, 11) is 0. The second kappa shape index (κ2) is 9.05. The van der Waals surface area contributed by atoms with Gasteiger partial charge < -0.3 is 4.90 Å². The minimum atomic E-state index is -0.441. The Morgan fingerprint density at radius 1 is 1.20 bits per heavy atom. The van der Waals surface area contributed by atoms with Gasteiger partial charge in [0.25, 0.3) is 0 Å². The molecule has 0 fully saturated rings. The molecule has 7 nitrogen and oxygen atoms in total. The summed E-state index contributed by atoms with van der Waals surface area (Å²) in [6.45, 7) is 3.88. The molecule has 0 atom stereocenters. The number of carbonyl (C=O) groups excluding carboxylic acids is 1. The van der Waals surface area contributed by atoms with Crippen molar-refractivity contribution in [3.63, 3.8) is 0 Å². The standard InChI is InChI=1S/C23H22N4O3/c1-4-19-11-8-12-21(15-19)25(16-20-9-6-5-7-10-20)22(28)13-14-26-18(3)23(27(29)30)17(2)24-26/h1,5-12,15H,13-14,16H2,2-3H3. The van der Waals surface area contributed by atoms with Crippen LogP contribution in [0.5, 0.6) is 0 Å². The van der Waals surface area contributed by atoms with Crippen molar-refractivity contribution in [2.45, 2.75) is 33.4 Å². The predicted octanol–water partition coefficient (Wildman–Crippen LogP) is 4.01. The molecule has 0 radical (unpaired) electrons. The molecular formula is C23H22N4O3. The fourth-order valence-electron chi connectivity index (χ4n) is 3.36. The number of aromatic nitrogens is 2. The number of nitro groups is 1. The largest absolute Gasteiger partial charge is 0.312 e. The number of carbonyl (C=O) groups is 1. The lowest BCUT2D eigenvalue weighted by Gasteiger charge is -2.23. The molecule has 0 N–H and O–H groups in total. The van der Waals surface area contributed by atoms with E-state index in [0.29, 0.717) is 29.2 Å². The Morgan fingerprint density at radius 2 is 1.93 bits per heavy atom. The Balaban J connectivity index is 1.84. The summed E-state index contributed by atoms with van der Waals surface area (Å²) >= 11 is 0. The van der Waals surface area contributed by atoms with Crippen molar-refractivity contribution in [1.29, 1.82) is 0 Å². The Labute approximate surface area is 175 Å². The highest BCUT2D eigenvalue weighted by Crippen LogP contribution is 2.23. The van der Waals surface area contributed by atoms with E-state index >= 15 is 0 Å². The molecular weight excluding hydrogens is 380 g/mol. The lowest BCUT2D eigenvalue weighted by atomic mass is 10.1. The molecule has 0 unspecified atom stereocenters. The second-order valence-corrected chi connectivity index (χ2v) is 6.91. The smallest absolute Gasteiger partial charge is 0.308 e. The SMILES string of the molecule is C#Cc1cccc(N(Cc2ccccc2)C(=O)CCn2nc(C)c([N+](=O)[O-])c2C)c1. The quantitative estimate of drug-likeness (QED) is 0.340. The van der Waals surface area contributed by atoms with Gasteiger partial charge in [0.1, 0.15) is 11.4 Å². The van der Waals surface area contributed by atoms with Gasteiger partial charge in [0, 0.05) is 17.7 Å². The molecule has 3 rings (SSSR count). The highest BCUT2D eigenvalue weighted by atomic mass is 16.6. The number of anilines is 1. The summed E-state index contributed by atoms with van der Waals surface area (Å²) in [4.78, 5) is 25.6. The van der Waals surface area contributed by atoms with Crippen LogP contribution < -0.4 is 4.90 Å². The van der Waals surface area contributed by atoms with Crippen LogP contribution in [0, 0.1) is 36.3 Å². The predicted molar refractivity (Wildman–Crippen MR) is 115 cm³/mol. The molecule has 1 amide bonds. The van der Waals surface area contributed by atoms with Gasteiger partial charge in [-0.2, -0.15) is 5.10 Å². The number of rotatable bonds is 7. The van der Waals surface area contributed by atoms with Crippen molar-refractivity contribution in [3.8, 4) is 12.3 Å². The number of aryl methyl sites for hydroxylation is 2. The molecule has 0 saturated heterocycles. The highest BCUT2D eigenvalue weighted by Gasteiger charge is 2.23. The van der Waals surface area contributed by atoms with E-state index in [2.05, 4.69) is 11.0 Å². The minimum Gasteiger partial charge on any atom is -0.308 e. The molecule has 30 heavy (non-hydrogen) atoms. The lowest BCUT2D eigenvalue weighted by Crippen LogP contribution is -2.31. The molecule has 2 aromatic carbocycles. The minimum absolute atomic E-state index is 0.00897. The Hall–Kier alpha value is -3.92. The average molecular weight is 402 g/mol. The molecule has 0 spiro atoms. The van der Waals surface area contributed by atoms with Crippen molar-refractivity contribution in [2.75, 3.05) is 4.90 Å². The zero-order valence-corrected chi connectivity index (χ0v) is 16.9. The van der Waals surface area contributed by atoms with Gasteiger partial charge in [-0.05, 0) is 37.6 Å². The first-order valence-corrected chi connectivity index (χ1v) is 9.50. The molecule has 1 aromatic heterocycles. The van der Waals surface area contributed by atoms with Gasteiger partial charge >= 0.3 is 5.69 Å². The van der Waals surface area contributed by atoms with Gasteiger partial charge in [0.2, 0.25) is 5.91 Å². The number of hydrogen-bond acceptors (Lipinski definition) is 4. The van der Waals surface area contributed by atoms with E-state index in [4.69, 9.17) is 6.42 Å². The van der Waals surface area contributed by atoms with Crippen LogP contribution in [0.3, 0.4) is 0 Å². The third-order valence-corrected chi connectivity index (χ3v) is 4.87. The summed E-state index contributed by atoms with van der Waals surface area (Å²) in [5.41, 5.74) is 3.15. The Bertz CT molecular complexity index is 1110. The molecule has 0 aliphatic rings. The zero-order valence-electron chi connectivity index (χ0n) is 16.9. The van der Waals surface area contributed by atoms with Gasteiger partial charge in [0.05, 0.1) is 18.0 Å². The molecule has 1 heterocycles. The van der Waals surface area contributed by atoms with Crippen molar-refractivity contribution in [2.24, 2.45) is 0 Å². The fourth-order valence-corrected chi connectivity index (χ4v) is 3.36. The molecule has 0 bridgehead atoms. The van der Waals surface area contributed by atoms with E-state index in [1.165, 1.54) is 4.68 Å². The number of amides is 1. The van der Waals surface area contributed by atoms with Crippen molar-refractivity contribution in [3.05, 3.63) is 87.2 Å². The Kier molecular flexibility index (Phi) is 6.28. The monoisotopic (exact) mass is 402 g/mol. The summed E-state index contributed by atoms with van der Waals surface area (Å²) in [5.74, 6) is 2.47. The van der Waals surface area contributed by atoms with E-state index in [1.807, 2.05) is 48.5 Å². The first kappa shape index (κ1) is 20.8. The summed E-state index contributed by atoms with van der Waals surface area (Å²) < 4.78 is 1.52. The van der Waals surface area contributed by atoms with E-state index in [1.54, 1.807) is 24.8 Å². The van der Waals surface area contributed by atoms with Crippen molar-refractivity contribution < 1.29 is 9.72 Å². The van der Waals surface area contributed by atoms with Gasteiger partial charge in [-0.15, -0.1) is 6.42 Å². The number of hydrogen-bond donors (Lipinski definition) is 0. The zero-order chi connectivity index (χ0) is 21.7. The Morgan fingerprint density at radius 3 is 2.57 bits per heavy atom. The first-order valence-electron chi connectivity index (χ1n) is 9.50. The second-order valence-electron chi connectivity index (χ2n) is 6.91. The fraction of sp³-hybridized carbons (Fsp3) is 0.217. The lowest BCUT2D eigenvalue weighted by molar-refractivity contribution is -0.386. The van der Waals surface area contributed by atoms with E-state index in [9.17, 15) is 14.9 Å². The van der Waals surface area contributed by atoms with Crippen LogP contribution in [0.25, 0.3) is 0 Å². The van der Waals surface area contributed by atoms with Crippen LogP contribution in [0.15, 0.2) is 54.6 Å². The topological polar surface area (TPSA) is 81.3 Å². The molecule has 0 saturated carbocycles. The maximum absolute atomic E-state index is 13.2. The molecule has 0 aliphatic carbocycles. The van der Waals surface area contributed by atoms with E-state index in [-0.39, 0.29) is 24.6 Å². The van der Waals surface area contributed by atoms with E-state index < -0.39 is 4.92 Å². The number of terminal acetylenes is 1. The van der Waals surface area contributed by atoms with Crippen molar-refractivity contribution in [1.82, 2.24) is 9.78 Å². The third kappa shape index (κ3) is 4.55. The van der Waals surface area contributed by atoms with Gasteiger partial charge in [-0.25, -0.2) is 0 Å². The van der Waals surface area contributed by atoms with Crippen molar-refractivity contribution >= 4 is 17.3 Å². The molecule has 152 valence electrons. The third-order valence-electron chi connectivity index (χ3n) is 4.87. The van der Waals surface area contributed by atoms with Crippen LogP contribution in [0.4, 0.5) is 11.4 Å². The summed E-state index contributed by atoms with van der Waals surface area (Å²) in [6, 6.07) is 16.9. The van der Waals surface area contributed by atoms with Crippen LogP contribution in [0.1, 0.15) is 28.9 Å². The van der Waals surface area contributed by atoms with Gasteiger partial charge in [-0.1, -0.05) is 42.3 Å². The van der Waals surface area contributed by atoms with Crippen LogP contribution in [-0.2, 0) is 17.9 Å². The maximum Gasteiger partial charge on any atom is 0.312 e.